The first-order valence-corrected chi connectivity index (χ1v) is 5.98. The molecule has 4 heteroatoms. The summed E-state index contributed by atoms with van der Waals surface area (Å²) in [6, 6.07) is 4.06. The van der Waals surface area contributed by atoms with Gasteiger partial charge in [-0.25, -0.2) is 4.98 Å². The quantitative estimate of drug-likeness (QED) is 0.829. The number of nitrogens with one attached hydrogen (secondary N) is 2. The molecule has 4 nitrogen and oxygen atoms in total. The number of rotatable bonds is 2. The van der Waals surface area contributed by atoms with Crippen LogP contribution in [0.4, 0.5) is 5.82 Å². The van der Waals surface area contributed by atoms with Crippen molar-refractivity contribution in [2.45, 2.75) is 19.8 Å². The molecule has 1 unspecified atom stereocenters. The molecule has 17 heavy (non-hydrogen) atoms. The molecule has 2 aromatic rings. The molecular formula is C13H16N4. The van der Waals surface area contributed by atoms with Crippen molar-refractivity contribution in [1.82, 2.24) is 15.2 Å². The van der Waals surface area contributed by atoms with E-state index in [0.717, 1.165) is 35.8 Å². The van der Waals surface area contributed by atoms with Crippen molar-refractivity contribution in [3.8, 4) is 11.3 Å². The van der Waals surface area contributed by atoms with E-state index >= 15 is 0 Å². The summed E-state index contributed by atoms with van der Waals surface area (Å²) < 4.78 is 0. The standard InChI is InChI=1S/C13H16N4/c1-8-5-10-11(6-8)16-17-13(10)9-3-4-15-12(7-9)14-2/h3-4,7-8H,5-6H2,1-2H3,(H,14,15)(H,16,17). The molecular weight excluding hydrogens is 212 g/mol. The maximum absolute atomic E-state index is 4.44. The van der Waals surface area contributed by atoms with Gasteiger partial charge < -0.3 is 5.32 Å². The number of hydrogen-bond acceptors (Lipinski definition) is 3. The number of hydrogen-bond donors (Lipinski definition) is 2. The van der Waals surface area contributed by atoms with E-state index in [1.165, 1.54) is 11.3 Å². The van der Waals surface area contributed by atoms with Crippen molar-refractivity contribution in [1.29, 1.82) is 0 Å². The molecule has 2 N–H and O–H groups in total. The lowest BCUT2D eigenvalue weighted by molar-refractivity contribution is 0.617. The fourth-order valence-electron chi connectivity index (χ4n) is 2.51. The van der Waals surface area contributed by atoms with E-state index in [2.05, 4.69) is 27.4 Å². The Morgan fingerprint density at radius 3 is 3.12 bits per heavy atom. The second-order valence-electron chi connectivity index (χ2n) is 4.72. The van der Waals surface area contributed by atoms with Gasteiger partial charge in [-0.15, -0.1) is 0 Å². The summed E-state index contributed by atoms with van der Waals surface area (Å²) in [5.74, 6) is 1.61. The van der Waals surface area contributed by atoms with Crippen LogP contribution in [0.5, 0.6) is 0 Å². The highest BCUT2D eigenvalue weighted by Gasteiger charge is 2.24. The van der Waals surface area contributed by atoms with Gasteiger partial charge in [0.2, 0.25) is 0 Å². The molecule has 1 aliphatic rings. The van der Waals surface area contributed by atoms with Crippen LogP contribution in [-0.4, -0.2) is 22.2 Å². The molecule has 3 rings (SSSR count). The first-order valence-electron chi connectivity index (χ1n) is 5.98. The van der Waals surface area contributed by atoms with Gasteiger partial charge in [0.05, 0.1) is 5.69 Å². The molecule has 88 valence electrons. The van der Waals surface area contributed by atoms with Crippen LogP contribution in [0.3, 0.4) is 0 Å². The van der Waals surface area contributed by atoms with Gasteiger partial charge in [0, 0.05) is 30.1 Å². The molecule has 2 aromatic heterocycles. The van der Waals surface area contributed by atoms with E-state index in [4.69, 9.17) is 0 Å². The largest absolute Gasteiger partial charge is 0.373 e. The van der Waals surface area contributed by atoms with Crippen molar-refractivity contribution < 1.29 is 0 Å². The average Bonchev–Trinajstić information content (AvgIpc) is 2.87. The number of aromatic nitrogens is 3. The van der Waals surface area contributed by atoms with E-state index in [0.29, 0.717) is 0 Å². The predicted octanol–water partition coefficient (Wildman–Crippen LogP) is 2.25. The van der Waals surface area contributed by atoms with Crippen LogP contribution in [0.1, 0.15) is 18.2 Å². The van der Waals surface area contributed by atoms with Gasteiger partial charge in [-0.3, -0.25) is 5.10 Å². The Morgan fingerprint density at radius 2 is 2.29 bits per heavy atom. The Kier molecular flexibility index (Phi) is 2.35. The number of anilines is 1. The normalized spacial score (nSPS) is 18.1. The Balaban J connectivity index is 2.04. The van der Waals surface area contributed by atoms with Gasteiger partial charge in [-0.05, 0) is 30.9 Å². The SMILES string of the molecule is CNc1cc(-c2n[nH]c3c2CC(C)C3)ccn1. The first-order chi connectivity index (χ1) is 8.28. The summed E-state index contributed by atoms with van der Waals surface area (Å²) in [5.41, 5.74) is 4.90. The molecule has 0 fully saturated rings. The predicted molar refractivity (Wildman–Crippen MR) is 67.9 cm³/mol. The van der Waals surface area contributed by atoms with E-state index in [1.807, 2.05) is 25.4 Å². The third-order valence-corrected chi connectivity index (χ3v) is 3.35. The van der Waals surface area contributed by atoms with E-state index in [-0.39, 0.29) is 0 Å². The topological polar surface area (TPSA) is 53.6 Å². The molecule has 0 saturated carbocycles. The Labute approximate surface area is 100 Å². The number of pyridine rings is 1. The third-order valence-electron chi connectivity index (χ3n) is 3.35. The number of nitrogens with zero attached hydrogens (tertiary/aromatic N) is 2. The second kappa shape index (κ2) is 3.87. The number of fused-ring (bicyclic) bond motifs is 1. The summed E-state index contributed by atoms with van der Waals surface area (Å²) in [7, 11) is 1.88. The summed E-state index contributed by atoms with van der Waals surface area (Å²) in [6.45, 7) is 2.28. The number of H-pyrrole nitrogens is 1. The summed E-state index contributed by atoms with van der Waals surface area (Å²) >= 11 is 0. The molecule has 0 radical (unpaired) electrons. The fourth-order valence-corrected chi connectivity index (χ4v) is 2.51. The Hall–Kier alpha value is -1.84. The molecule has 0 aromatic carbocycles. The van der Waals surface area contributed by atoms with Crippen molar-refractivity contribution >= 4 is 5.82 Å². The molecule has 2 heterocycles. The highest BCUT2D eigenvalue weighted by atomic mass is 15.1. The lowest BCUT2D eigenvalue weighted by Gasteiger charge is -2.04. The average molecular weight is 228 g/mol. The Bertz CT molecular complexity index is 544. The fraction of sp³-hybridized carbons (Fsp3) is 0.385. The van der Waals surface area contributed by atoms with Crippen LogP contribution < -0.4 is 5.32 Å². The minimum Gasteiger partial charge on any atom is -0.373 e. The highest BCUT2D eigenvalue weighted by Crippen LogP contribution is 2.33. The van der Waals surface area contributed by atoms with Crippen molar-refractivity contribution in [2.24, 2.45) is 5.92 Å². The lowest BCUT2D eigenvalue weighted by atomic mass is 10.1. The van der Waals surface area contributed by atoms with Gasteiger partial charge in [0.25, 0.3) is 0 Å². The highest BCUT2D eigenvalue weighted by molar-refractivity contribution is 5.67. The van der Waals surface area contributed by atoms with Gasteiger partial charge >= 0.3 is 0 Å². The van der Waals surface area contributed by atoms with E-state index in [9.17, 15) is 0 Å². The van der Waals surface area contributed by atoms with Gasteiger partial charge in [0.15, 0.2) is 0 Å². The maximum Gasteiger partial charge on any atom is 0.126 e. The smallest absolute Gasteiger partial charge is 0.126 e. The van der Waals surface area contributed by atoms with Gasteiger partial charge in [-0.1, -0.05) is 6.92 Å². The van der Waals surface area contributed by atoms with Crippen LogP contribution in [0.2, 0.25) is 0 Å². The minimum atomic E-state index is 0.726. The minimum absolute atomic E-state index is 0.726. The van der Waals surface area contributed by atoms with Crippen LogP contribution in [-0.2, 0) is 12.8 Å². The summed E-state index contributed by atoms with van der Waals surface area (Å²) in [5, 5.41) is 10.7. The van der Waals surface area contributed by atoms with E-state index in [1.54, 1.807) is 0 Å². The molecule has 1 aliphatic carbocycles. The maximum atomic E-state index is 4.44. The monoisotopic (exact) mass is 228 g/mol. The molecule has 0 spiro atoms. The lowest BCUT2D eigenvalue weighted by Crippen LogP contribution is -1.95. The summed E-state index contributed by atoms with van der Waals surface area (Å²) in [4.78, 5) is 4.23. The van der Waals surface area contributed by atoms with Gasteiger partial charge in [0.1, 0.15) is 5.82 Å². The zero-order valence-corrected chi connectivity index (χ0v) is 10.1. The van der Waals surface area contributed by atoms with Gasteiger partial charge in [-0.2, -0.15) is 5.10 Å². The van der Waals surface area contributed by atoms with Crippen molar-refractivity contribution in [3.05, 3.63) is 29.6 Å². The number of aromatic amines is 1. The second-order valence-corrected chi connectivity index (χ2v) is 4.72. The summed E-state index contributed by atoms with van der Waals surface area (Å²) in [6.07, 6.45) is 4.06. The van der Waals surface area contributed by atoms with Crippen LogP contribution in [0.25, 0.3) is 11.3 Å². The zero-order chi connectivity index (χ0) is 11.8. The van der Waals surface area contributed by atoms with Crippen molar-refractivity contribution in [2.75, 3.05) is 12.4 Å². The molecule has 0 bridgehead atoms. The van der Waals surface area contributed by atoms with Crippen LogP contribution in [0.15, 0.2) is 18.3 Å². The molecule has 0 aliphatic heterocycles. The van der Waals surface area contributed by atoms with E-state index < -0.39 is 0 Å². The first kappa shape index (κ1) is 10.3. The molecule has 0 amide bonds. The van der Waals surface area contributed by atoms with Crippen LogP contribution in [0, 0.1) is 5.92 Å². The molecule has 1 atom stereocenters. The van der Waals surface area contributed by atoms with Crippen LogP contribution >= 0.6 is 0 Å². The Morgan fingerprint density at radius 1 is 1.41 bits per heavy atom. The zero-order valence-electron chi connectivity index (χ0n) is 10.1. The molecule has 0 saturated heterocycles. The van der Waals surface area contributed by atoms with Crippen molar-refractivity contribution in [3.63, 3.8) is 0 Å². The third kappa shape index (κ3) is 1.69.